The molecule has 1 aromatic carbocycles. The van der Waals surface area contributed by atoms with Crippen LogP contribution in [0.15, 0.2) is 29.6 Å². The van der Waals surface area contributed by atoms with Gasteiger partial charge in [0.2, 0.25) is 0 Å². The normalized spacial score (nSPS) is 10.5. The Morgan fingerprint density at radius 1 is 1.32 bits per heavy atom. The fourth-order valence-electron chi connectivity index (χ4n) is 1.88. The topological polar surface area (TPSA) is 51.2 Å². The van der Waals surface area contributed by atoms with E-state index in [4.69, 9.17) is 4.74 Å². The van der Waals surface area contributed by atoms with E-state index in [1.165, 1.54) is 5.01 Å². The molecule has 6 heteroatoms. The van der Waals surface area contributed by atoms with Crippen molar-refractivity contribution in [3.05, 3.63) is 43.9 Å². The van der Waals surface area contributed by atoms with E-state index in [0.717, 1.165) is 34.3 Å². The van der Waals surface area contributed by atoms with Gasteiger partial charge >= 0.3 is 0 Å². The Balaban J connectivity index is 1.55. The van der Waals surface area contributed by atoms with E-state index in [9.17, 15) is 4.79 Å². The molecule has 0 fully saturated rings. The van der Waals surface area contributed by atoms with Crippen LogP contribution in [0.2, 0.25) is 0 Å². The first kappa shape index (κ1) is 17.2. The van der Waals surface area contributed by atoms with E-state index in [1.54, 1.807) is 11.3 Å². The first-order valence-corrected chi connectivity index (χ1v) is 9.15. The van der Waals surface area contributed by atoms with Crippen molar-refractivity contribution < 1.29 is 9.53 Å². The Morgan fingerprint density at radius 3 is 2.77 bits per heavy atom. The number of nitrogens with one attached hydrogen (secondary N) is 1. The highest BCUT2D eigenvalue weighted by atomic mass is 127. The second-order valence-corrected chi connectivity index (χ2v) is 7.12. The van der Waals surface area contributed by atoms with E-state index in [-0.39, 0.29) is 12.5 Å². The Bertz CT molecular complexity index is 598. The minimum atomic E-state index is -0.0800. The number of carbonyl (C=O) groups excluding carboxylic acids is 1. The van der Waals surface area contributed by atoms with Crippen LogP contribution in [-0.4, -0.2) is 24.0 Å². The molecule has 0 aliphatic carbocycles. The summed E-state index contributed by atoms with van der Waals surface area (Å²) in [4.78, 5) is 16.1. The van der Waals surface area contributed by atoms with Crippen LogP contribution in [0, 0.1) is 10.5 Å². The molecule has 1 amide bonds. The van der Waals surface area contributed by atoms with Gasteiger partial charge in [0.05, 0.1) is 5.01 Å². The molecule has 0 aliphatic heterocycles. The number of rotatable bonds is 8. The van der Waals surface area contributed by atoms with Gasteiger partial charge in [0.15, 0.2) is 6.61 Å². The molecule has 0 spiro atoms. The van der Waals surface area contributed by atoms with Crippen molar-refractivity contribution in [3.8, 4) is 5.75 Å². The second-order valence-electron chi connectivity index (χ2n) is 4.93. The van der Waals surface area contributed by atoms with Crippen LogP contribution in [-0.2, 0) is 11.2 Å². The number of nitrogens with zero attached hydrogens (tertiary/aromatic N) is 1. The molecule has 0 unspecified atom stereocenters. The van der Waals surface area contributed by atoms with Gasteiger partial charge in [-0.05, 0) is 73.0 Å². The molecule has 22 heavy (non-hydrogen) atoms. The van der Waals surface area contributed by atoms with Gasteiger partial charge in [0.25, 0.3) is 5.91 Å². The van der Waals surface area contributed by atoms with Crippen molar-refractivity contribution in [1.82, 2.24) is 10.3 Å². The number of amides is 1. The fourth-order valence-corrected chi connectivity index (χ4v) is 3.06. The van der Waals surface area contributed by atoms with Crippen LogP contribution in [0.1, 0.15) is 23.5 Å². The summed E-state index contributed by atoms with van der Waals surface area (Å²) in [6.45, 7) is 2.75. The van der Waals surface area contributed by atoms with Crippen LogP contribution in [0.3, 0.4) is 0 Å². The predicted molar refractivity (Wildman–Crippen MR) is 97.5 cm³/mol. The molecular formula is C16H19IN2O2S. The predicted octanol–water partition coefficient (Wildman–Crippen LogP) is 3.57. The summed E-state index contributed by atoms with van der Waals surface area (Å²) in [6, 6.07) is 7.64. The zero-order chi connectivity index (χ0) is 15.8. The Kier molecular flexibility index (Phi) is 7.11. The minimum Gasteiger partial charge on any atom is -0.484 e. The third-order valence-corrected chi connectivity index (χ3v) is 4.74. The number of aryl methyl sites for hydroxylation is 2. The molecule has 0 radical (unpaired) electrons. The number of thiazole rings is 1. The Hall–Kier alpha value is -1.15. The second kappa shape index (κ2) is 9.09. The third-order valence-electron chi connectivity index (χ3n) is 2.99. The van der Waals surface area contributed by atoms with Crippen LogP contribution in [0.25, 0.3) is 0 Å². The Labute approximate surface area is 148 Å². The lowest BCUT2D eigenvalue weighted by atomic mass is 10.2. The highest BCUT2D eigenvalue weighted by Crippen LogP contribution is 2.13. The number of benzene rings is 1. The standard InChI is InChI=1S/C16H19IN2O2S/c1-12-11-22-16(19-12)4-2-3-9-18-15(20)10-21-14-7-5-13(17)6-8-14/h5-8,11H,2-4,9-10H2,1H3,(H,18,20). The molecule has 1 N–H and O–H groups in total. The van der Waals surface area contributed by atoms with Gasteiger partial charge in [-0.3, -0.25) is 4.79 Å². The Morgan fingerprint density at radius 2 is 2.09 bits per heavy atom. The minimum absolute atomic E-state index is 0.0618. The quantitative estimate of drug-likeness (QED) is 0.515. The molecule has 2 aromatic rings. The maximum atomic E-state index is 11.7. The lowest BCUT2D eigenvalue weighted by Crippen LogP contribution is -2.29. The molecule has 4 nitrogen and oxygen atoms in total. The number of aromatic nitrogens is 1. The summed E-state index contributed by atoms with van der Waals surface area (Å²) in [5.74, 6) is 0.637. The van der Waals surface area contributed by atoms with E-state index < -0.39 is 0 Å². The van der Waals surface area contributed by atoms with Crippen LogP contribution in [0.5, 0.6) is 5.75 Å². The first-order chi connectivity index (χ1) is 10.6. The SMILES string of the molecule is Cc1csc(CCCCNC(=O)COc2ccc(I)cc2)n1. The maximum Gasteiger partial charge on any atom is 0.257 e. The number of hydrogen-bond acceptors (Lipinski definition) is 4. The van der Waals surface area contributed by atoms with Crippen molar-refractivity contribution in [2.75, 3.05) is 13.2 Å². The van der Waals surface area contributed by atoms with Gasteiger partial charge in [-0.25, -0.2) is 4.98 Å². The van der Waals surface area contributed by atoms with E-state index >= 15 is 0 Å². The lowest BCUT2D eigenvalue weighted by Gasteiger charge is -2.07. The summed E-state index contributed by atoms with van der Waals surface area (Å²) < 4.78 is 6.57. The maximum absolute atomic E-state index is 11.7. The van der Waals surface area contributed by atoms with Gasteiger partial charge in [-0.1, -0.05) is 0 Å². The summed E-state index contributed by atoms with van der Waals surface area (Å²) in [7, 11) is 0. The lowest BCUT2D eigenvalue weighted by molar-refractivity contribution is -0.123. The van der Waals surface area contributed by atoms with Crippen molar-refractivity contribution in [2.24, 2.45) is 0 Å². The largest absolute Gasteiger partial charge is 0.484 e. The molecule has 2 rings (SSSR count). The van der Waals surface area contributed by atoms with Crippen LogP contribution < -0.4 is 10.1 Å². The van der Waals surface area contributed by atoms with Crippen molar-refractivity contribution in [2.45, 2.75) is 26.2 Å². The van der Waals surface area contributed by atoms with Gasteiger partial charge < -0.3 is 10.1 Å². The number of carbonyl (C=O) groups is 1. The molecule has 0 saturated carbocycles. The average Bonchev–Trinajstić information content (AvgIpc) is 2.92. The average molecular weight is 430 g/mol. The summed E-state index contributed by atoms with van der Waals surface area (Å²) in [5.41, 5.74) is 1.08. The monoisotopic (exact) mass is 430 g/mol. The zero-order valence-electron chi connectivity index (χ0n) is 12.5. The van der Waals surface area contributed by atoms with E-state index in [0.29, 0.717) is 6.54 Å². The summed E-state index contributed by atoms with van der Waals surface area (Å²) in [6.07, 6.45) is 2.96. The molecule has 0 saturated heterocycles. The zero-order valence-corrected chi connectivity index (χ0v) is 15.4. The molecule has 1 aromatic heterocycles. The molecular weight excluding hydrogens is 411 g/mol. The number of unbranched alkanes of at least 4 members (excludes halogenated alkanes) is 1. The highest BCUT2D eigenvalue weighted by molar-refractivity contribution is 14.1. The smallest absolute Gasteiger partial charge is 0.257 e. The van der Waals surface area contributed by atoms with Crippen LogP contribution in [0.4, 0.5) is 0 Å². The van der Waals surface area contributed by atoms with Crippen molar-refractivity contribution >= 4 is 39.8 Å². The van der Waals surface area contributed by atoms with Gasteiger partial charge in [0, 0.05) is 21.2 Å². The molecule has 118 valence electrons. The van der Waals surface area contributed by atoms with E-state index in [2.05, 4.69) is 38.3 Å². The summed E-state index contributed by atoms with van der Waals surface area (Å²) >= 11 is 3.93. The fraction of sp³-hybridized carbons (Fsp3) is 0.375. The van der Waals surface area contributed by atoms with Crippen molar-refractivity contribution in [1.29, 1.82) is 0 Å². The van der Waals surface area contributed by atoms with Gasteiger partial charge in [-0.15, -0.1) is 11.3 Å². The number of hydrogen-bond donors (Lipinski definition) is 1. The highest BCUT2D eigenvalue weighted by Gasteiger charge is 2.03. The van der Waals surface area contributed by atoms with Crippen LogP contribution >= 0.6 is 33.9 Å². The van der Waals surface area contributed by atoms with Crippen molar-refractivity contribution in [3.63, 3.8) is 0 Å². The van der Waals surface area contributed by atoms with Gasteiger partial charge in [-0.2, -0.15) is 0 Å². The molecule has 0 bridgehead atoms. The number of halogens is 1. The molecule has 0 aliphatic rings. The van der Waals surface area contributed by atoms with E-state index in [1.807, 2.05) is 31.2 Å². The molecule has 0 atom stereocenters. The third kappa shape index (κ3) is 6.31. The summed E-state index contributed by atoms with van der Waals surface area (Å²) in [5, 5.41) is 6.11. The molecule has 1 heterocycles. The number of ether oxygens (including phenoxy) is 1. The first-order valence-electron chi connectivity index (χ1n) is 7.19. The van der Waals surface area contributed by atoms with Gasteiger partial charge in [0.1, 0.15) is 5.75 Å².